The van der Waals surface area contributed by atoms with Gasteiger partial charge in [0, 0.05) is 18.5 Å². The first kappa shape index (κ1) is 33.4. The molecule has 1 amide bonds. The van der Waals surface area contributed by atoms with Crippen LogP contribution in [0, 0.1) is 0 Å². The lowest BCUT2D eigenvalue weighted by Crippen LogP contribution is -2.46. The van der Waals surface area contributed by atoms with Crippen LogP contribution < -0.4 is 24.4 Å². The maximum absolute atomic E-state index is 13.9. The molecule has 1 aliphatic heterocycles. The van der Waals surface area contributed by atoms with Crippen molar-refractivity contribution in [3.05, 3.63) is 101 Å². The first-order valence-electron chi connectivity index (χ1n) is 15.3. The van der Waals surface area contributed by atoms with E-state index in [0.29, 0.717) is 53.5 Å². The Morgan fingerprint density at radius 1 is 0.979 bits per heavy atom. The molecule has 1 aromatic heterocycles. The Kier molecular flexibility index (Phi) is 10.4. The zero-order valence-electron chi connectivity index (χ0n) is 26.6. The van der Waals surface area contributed by atoms with Crippen LogP contribution in [0.3, 0.4) is 0 Å². The first-order chi connectivity index (χ1) is 22.6. The molecule has 0 radical (unpaired) electrons. The Morgan fingerprint density at radius 3 is 2.34 bits per heavy atom. The Bertz CT molecular complexity index is 1660. The summed E-state index contributed by atoms with van der Waals surface area (Å²) >= 11 is 0. The molecule has 0 unspecified atom stereocenters. The van der Waals surface area contributed by atoms with E-state index in [1.54, 1.807) is 33.4 Å². The number of carbonyl (C=O) groups excluding carboxylic acids is 1. The minimum Gasteiger partial charge on any atom is -0.497 e. The maximum Gasteiger partial charge on any atom is 0.416 e. The van der Waals surface area contributed by atoms with Crippen LogP contribution in [-0.2, 0) is 23.9 Å². The van der Waals surface area contributed by atoms with Gasteiger partial charge in [0.1, 0.15) is 18.1 Å². The van der Waals surface area contributed by atoms with Crippen LogP contribution in [0.2, 0.25) is 0 Å². The summed E-state index contributed by atoms with van der Waals surface area (Å²) in [6.07, 6.45) is -2.44. The van der Waals surface area contributed by atoms with Gasteiger partial charge in [-0.15, -0.1) is 0 Å². The van der Waals surface area contributed by atoms with Crippen molar-refractivity contribution in [3.8, 4) is 17.2 Å². The Hall–Kier alpha value is -5.00. The lowest BCUT2D eigenvalue weighted by Gasteiger charge is -2.40. The Balaban J connectivity index is 1.53. The highest BCUT2D eigenvalue weighted by Crippen LogP contribution is 2.43. The second-order valence-electron chi connectivity index (χ2n) is 11.0. The highest BCUT2D eigenvalue weighted by atomic mass is 19.4. The zero-order chi connectivity index (χ0) is 33.6. The van der Waals surface area contributed by atoms with Gasteiger partial charge in [-0.2, -0.15) is 13.2 Å². The molecule has 4 aromatic rings. The van der Waals surface area contributed by atoms with Crippen molar-refractivity contribution in [1.29, 1.82) is 0 Å². The van der Waals surface area contributed by atoms with Crippen LogP contribution in [0.15, 0.2) is 72.9 Å². The van der Waals surface area contributed by atoms with Crippen LogP contribution in [-0.4, -0.2) is 42.9 Å². The van der Waals surface area contributed by atoms with E-state index in [4.69, 9.17) is 23.9 Å². The largest absolute Gasteiger partial charge is 0.497 e. The maximum atomic E-state index is 13.9. The summed E-state index contributed by atoms with van der Waals surface area (Å²) in [5.74, 6) is 1.86. The fourth-order valence-electron chi connectivity index (χ4n) is 5.63. The highest BCUT2D eigenvalue weighted by molar-refractivity contribution is 5.90. The number of amides is 1. The van der Waals surface area contributed by atoms with Crippen LogP contribution >= 0.6 is 0 Å². The van der Waals surface area contributed by atoms with Gasteiger partial charge >= 0.3 is 12.3 Å². The molecule has 0 spiro atoms. The average Bonchev–Trinajstić information content (AvgIpc) is 3.07. The minimum atomic E-state index is -4.57. The molecule has 0 saturated heterocycles. The monoisotopic (exact) mass is 650 g/mol. The molecule has 12 heteroatoms. The van der Waals surface area contributed by atoms with Crippen LogP contribution in [0.4, 0.5) is 29.6 Å². The van der Waals surface area contributed by atoms with Gasteiger partial charge in [-0.3, -0.25) is 4.90 Å². The van der Waals surface area contributed by atoms with E-state index in [-0.39, 0.29) is 25.2 Å². The standard InChI is InChI=1S/C35H37F3N4O5/c1-5-25-18-29(28-17-24(35(36,37)38)12-13-31(28)42(25)34(43)46-6-2)40-33-39-20-32(47-21-22-10-8-7-9-11-22)30(41-33)16-23-14-26(44-3)19-27(15-23)45-4/h7-15,17,19-20,25,29H,5-6,16,18,21H2,1-4H3,(H,39,40,41)/t25-,29+/m1/s1. The number of rotatable bonds is 11. The summed E-state index contributed by atoms with van der Waals surface area (Å²) in [5.41, 5.74) is 2.17. The van der Waals surface area contributed by atoms with Gasteiger partial charge in [-0.05, 0) is 66.8 Å². The summed E-state index contributed by atoms with van der Waals surface area (Å²) in [6, 6.07) is 17.6. The van der Waals surface area contributed by atoms with Crippen molar-refractivity contribution in [1.82, 2.24) is 9.97 Å². The molecule has 5 rings (SSSR count). The van der Waals surface area contributed by atoms with Crippen molar-refractivity contribution < 1.29 is 36.9 Å². The third kappa shape index (κ3) is 7.87. The molecule has 9 nitrogen and oxygen atoms in total. The SMILES string of the molecule is CCOC(=O)N1c2ccc(C(F)(F)F)cc2[C@@H](Nc2ncc(OCc3ccccc3)c(Cc3cc(OC)cc(OC)c3)n2)C[C@H]1CC. The lowest BCUT2D eigenvalue weighted by molar-refractivity contribution is -0.137. The van der Waals surface area contributed by atoms with E-state index in [1.165, 1.54) is 11.0 Å². The smallest absolute Gasteiger partial charge is 0.416 e. The van der Waals surface area contributed by atoms with Gasteiger partial charge in [0.2, 0.25) is 5.95 Å². The van der Waals surface area contributed by atoms with E-state index in [0.717, 1.165) is 23.3 Å². The summed E-state index contributed by atoms with van der Waals surface area (Å²) in [6.45, 7) is 4.02. The van der Waals surface area contributed by atoms with Crippen LogP contribution in [0.25, 0.3) is 0 Å². The number of fused-ring (bicyclic) bond motifs is 1. The molecule has 0 saturated carbocycles. The number of halogens is 3. The van der Waals surface area contributed by atoms with Crippen molar-refractivity contribution >= 4 is 17.7 Å². The number of hydrogen-bond acceptors (Lipinski definition) is 8. The second-order valence-corrected chi connectivity index (χ2v) is 11.0. The van der Waals surface area contributed by atoms with E-state index >= 15 is 0 Å². The predicted octanol–water partition coefficient (Wildman–Crippen LogP) is 7.98. The summed E-state index contributed by atoms with van der Waals surface area (Å²) in [7, 11) is 3.14. The number of nitrogens with zero attached hydrogens (tertiary/aromatic N) is 3. The molecule has 3 aromatic carbocycles. The minimum absolute atomic E-state index is 0.137. The van der Waals surface area contributed by atoms with E-state index in [1.807, 2.05) is 49.4 Å². The number of methoxy groups -OCH3 is 2. The quantitative estimate of drug-likeness (QED) is 0.175. The fraction of sp³-hybridized carbons (Fsp3) is 0.343. The Labute approximate surface area is 271 Å². The van der Waals surface area contributed by atoms with Gasteiger partial charge in [0.15, 0.2) is 5.75 Å². The summed E-state index contributed by atoms with van der Waals surface area (Å²) < 4.78 is 63.9. The predicted molar refractivity (Wildman–Crippen MR) is 171 cm³/mol. The first-order valence-corrected chi connectivity index (χ1v) is 15.3. The van der Waals surface area contributed by atoms with Gasteiger partial charge in [-0.1, -0.05) is 37.3 Å². The molecule has 0 aliphatic carbocycles. The van der Waals surface area contributed by atoms with Crippen molar-refractivity contribution in [2.75, 3.05) is 31.0 Å². The molecule has 47 heavy (non-hydrogen) atoms. The Morgan fingerprint density at radius 2 is 1.70 bits per heavy atom. The molecule has 1 N–H and O–H groups in total. The average molecular weight is 651 g/mol. The topological polar surface area (TPSA) is 95.0 Å². The van der Waals surface area contributed by atoms with Crippen molar-refractivity contribution in [2.24, 2.45) is 0 Å². The number of anilines is 2. The molecule has 2 heterocycles. The zero-order valence-corrected chi connectivity index (χ0v) is 26.6. The van der Waals surface area contributed by atoms with Gasteiger partial charge < -0.3 is 24.3 Å². The van der Waals surface area contributed by atoms with E-state index in [2.05, 4.69) is 10.3 Å². The molecule has 1 aliphatic rings. The van der Waals surface area contributed by atoms with Crippen molar-refractivity contribution in [3.63, 3.8) is 0 Å². The van der Waals surface area contributed by atoms with E-state index < -0.39 is 23.9 Å². The molecule has 2 atom stereocenters. The summed E-state index contributed by atoms with van der Waals surface area (Å²) in [5, 5.41) is 3.27. The van der Waals surface area contributed by atoms with E-state index in [9.17, 15) is 18.0 Å². The number of ether oxygens (including phenoxy) is 4. The van der Waals surface area contributed by atoms with Gasteiger partial charge in [0.25, 0.3) is 0 Å². The molecule has 0 fully saturated rings. The lowest BCUT2D eigenvalue weighted by atomic mass is 9.89. The molecular weight excluding hydrogens is 613 g/mol. The fourth-order valence-corrected chi connectivity index (χ4v) is 5.63. The van der Waals surface area contributed by atoms with Crippen LogP contribution in [0.5, 0.6) is 17.2 Å². The van der Waals surface area contributed by atoms with Gasteiger partial charge in [-0.25, -0.2) is 14.8 Å². The third-order valence-electron chi connectivity index (χ3n) is 7.95. The number of aromatic nitrogens is 2. The second kappa shape index (κ2) is 14.6. The number of nitrogens with one attached hydrogen (secondary N) is 1. The molecular formula is C35H37F3N4O5. The molecule has 0 bridgehead atoms. The number of hydrogen-bond donors (Lipinski definition) is 1. The van der Waals surface area contributed by atoms with Crippen molar-refractivity contribution in [2.45, 2.75) is 58.0 Å². The number of benzene rings is 3. The highest BCUT2D eigenvalue weighted by Gasteiger charge is 2.39. The number of alkyl halides is 3. The van der Waals surface area contributed by atoms with Crippen LogP contribution in [0.1, 0.15) is 60.7 Å². The molecule has 248 valence electrons. The normalized spacial score (nSPS) is 15.9. The summed E-state index contributed by atoms with van der Waals surface area (Å²) in [4.78, 5) is 23.8. The van der Waals surface area contributed by atoms with Gasteiger partial charge in [0.05, 0.1) is 50.0 Å². The number of carbonyl (C=O) groups is 1. The third-order valence-corrected chi connectivity index (χ3v) is 7.95.